The van der Waals surface area contributed by atoms with Crippen LogP contribution in [0.4, 0.5) is 5.69 Å². The molecule has 2 rings (SSSR count). The number of sulfonamides is 1. The number of benzene rings is 2. The van der Waals surface area contributed by atoms with Crippen molar-refractivity contribution in [3.63, 3.8) is 0 Å². The maximum absolute atomic E-state index is 12.9. The van der Waals surface area contributed by atoms with E-state index in [-0.39, 0.29) is 23.6 Å². The van der Waals surface area contributed by atoms with Crippen LogP contribution in [0.15, 0.2) is 47.4 Å². The molecule has 41 heavy (non-hydrogen) atoms. The van der Waals surface area contributed by atoms with Gasteiger partial charge in [-0.3, -0.25) is 9.59 Å². The number of esters is 3. The van der Waals surface area contributed by atoms with E-state index < -0.39 is 58.0 Å². The topological polar surface area (TPSA) is 181 Å². The molecule has 2 aromatic rings. The lowest BCUT2D eigenvalue weighted by Gasteiger charge is -2.19. The largest absolute Gasteiger partial charge is 0.463 e. The van der Waals surface area contributed by atoms with Crippen LogP contribution in [0.3, 0.4) is 0 Å². The van der Waals surface area contributed by atoms with Crippen molar-refractivity contribution in [2.75, 3.05) is 38.7 Å². The molecule has 1 unspecified atom stereocenters. The Hall–Kier alpha value is -4.17. The molecule has 224 valence electrons. The standard InChI is InChI=1S/C27H35N3O10S/c1-5-7-13-29-21-14-19(15-22(41(28,35)36)25(21)40-20-11-9-8-10-12-20)27(34)38-17-23(31)30(4)16-24(32)39-18(3)26(33)37-6-2/h8-12,14-15,18,29H,5-7,13,16-17H2,1-4H3,(H2,28,35,36). The van der Waals surface area contributed by atoms with Crippen molar-refractivity contribution in [1.82, 2.24) is 4.90 Å². The molecule has 0 heterocycles. The minimum atomic E-state index is -4.37. The van der Waals surface area contributed by atoms with Crippen molar-refractivity contribution >= 4 is 39.5 Å². The Bertz CT molecular complexity index is 1330. The van der Waals surface area contributed by atoms with Gasteiger partial charge in [-0.1, -0.05) is 31.5 Å². The molecule has 13 nitrogen and oxygen atoms in total. The number of nitrogens with one attached hydrogen (secondary N) is 1. The van der Waals surface area contributed by atoms with Crippen LogP contribution >= 0.6 is 0 Å². The number of carbonyl (C=O) groups excluding carboxylic acids is 4. The van der Waals surface area contributed by atoms with E-state index in [2.05, 4.69) is 5.32 Å². The number of para-hydroxylation sites is 1. The van der Waals surface area contributed by atoms with E-state index >= 15 is 0 Å². The Labute approximate surface area is 238 Å². The number of unbranched alkanes of at least 4 members (excludes halogenated alkanes) is 1. The number of amides is 1. The number of hydrogen-bond donors (Lipinski definition) is 2. The number of nitrogens with two attached hydrogens (primary N) is 1. The van der Waals surface area contributed by atoms with Gasteiger partial charge in [-0.15, -0.1) is 0 Å². The predicted octanol–water partition coefficient (Wildman–Crippen LogP) is 2.45. The van der Waals surface area contributed by atoms with E-state index in [9.17, 15) is 27.6 Å². The van der Waals surface area contributed by atoms with Crippen molar-refractivity contribution in [2.45, 2.75) is 44.6 Å². The van der Waals surface area contributed by atoms with Crippen LogP contribution in [0, 0.1) is 0 Å². The highest BCUT2D eigenvalue weighted by Gasteiger charge is 2.26. The summed E-state index contributed by atoms with van der Waals surface area (Å²) in [6, 6.07) is 10.8. The molecule has 1 amide bonds. The minimum Gasteiger partial charge on any atom is -0.463 e. The van der Waals surface area contributed by atoms with Crippen molar-refractivity contribution in [3.8, 4) is 11.5 Å². The SMILES string of the molecule is CCCCNc1cc(C(=O)OCC(=O)N(C)CC(=O)OC(C)C(=O)OCC)cc(S(N)(=O)=O)c1Oc1ccccc1. The summed E-state index contributed by atoms with van der Waals surface area (Å²) in [6.45, 7) is 4.18. The molecule has 2 aromatic carbocycles. The number of anilines is 1. The maximum Gasteiger partial charge on any atom is 0.347 e. The van der Waals surface area contributed by atoms with Gasteiger partial charge in [0.15, 0.2) is 18.5 Å². The number of rotatable bonds is 15. The fourth-order valence-corrected chi connectivity index (χ4v) is 4.02. The number of primary sulfonamides is 1. The van der Waals surface area contributed by atoms with Gasteiger partial charge in [0.25, 0.3) is 5.91 Å². The average molecular weight is 594 g/mol. The fraction of sp³-hybridized carbons (Fsp3) is 0.407. The lowest BCUT2D eigenvalue weighted by atomic mass is 10.1. The molecule has 0 aliphatic heterocycles. The quantitative estimate of drug-likeness (QED) is 0.176. The van der Waals surface area contributed by atoms with E-state index in [0.29, 0.717) is 12.3 Å². The normalized spacial score (nSPS) is 11.6. The summed E-state index contributed by atoms with van der Waals surface area (Å²) in [5.74, 6) is -3.13. The molecule has 0 saturated heterocycles. The van der Waals surface area contributed by atoms with Gasteiger partial charge < -0.3 is 29.2 Å². The molecular weight excluding hydrogens is 558 g/mol. The third kappa shape index (κ3) is 10.4. The predicted molar refractivity (Wildman–Crippen MR) is 148 cm³/mol. The molecule has 0 fully saturated rings. The Morgan fingerprint density at radius 1 is 1.05 bits per heavy atom. The minimum absolute atomic E-state index is 0.0993. The third-order valence-electron chi connectivity index (χ3n) is 5.45. The van der Waals surface area contributed by atoms with Crippen LogP contribution < -0.4 is 15.2 Å². The van der Waals surface area contributed by atoms with Crippen LogP contribution in [0.2, 0.25) is 0 Å². The molecule has 1 atom stereocenters. The zero-order chi connectivity index (χ0) is 30.6. The summed E-state index contributed by atoms with van der Waals surface area (Å²) >= 11 is 0. The molecule has 0 saturated carbocycles. The van der Waals surface area contributed by atoms with E-state index in [4.69, 9.17) is 24.1 Å². The second-order valence-corrected chi connectivity index (χ2v) is 10.3. The zero-order valence-electron chi connectivity index (χ0n) is 23.4. The Morgan fingerprint density at radius 2 is 1.73 bits per heavy atom. The summed E-state index contributed by atoms with van der Waals surface area (Å²) in [4.78, 5) is 49.5. The first-order chi connectivity index (χ1) is 19.4. The first kappa shape index (κ1) is 33.0. The monoisotopic (exact) mass is 593 g/mol. The van der Waals surface area contributed by atoms with Crippen LogP contribution in [0.5, 0.6) is 11.5 Å². The third-order valence-corrected chi connectivity index (χ3v) is 6.37. The number of hydrogen-bond acceptors (Lipinski definition) is 11. The van der Waals surface area contributed by atoms with Crippen LogP contribution in [-0.4, -0.2) is 76.6 Å². The number of likely N-dealkylation sites (N-methyl/N-ethyl adjacent to an activating group) is 1. The highest BCUT2D eigenvalue weighted by Crippen LogP contribution is 2.37. The molecule has 0 radical (unpaired) electrons. The Balaban J connectivity index is 2.20. The summed E-state index contributed by atoms with van der Waals surface area (Å²) in [7, 11) is -3.10. The van der Waals surface area contributed by atoms with Crippen LogP contribution in [-0.2, 0) is 38.6 Å². The van der Waals surface area contributed by atoms with Gasteiger partial charge >= 0.3 is 17.9 Å². The molecule has 14 heteroatoms. The first-order valence-electron chi connectivity index (χ1n) is 12.8. The van der Waals surface area contributed by atoms with Gasteiger partial charge in [-0.2, -0.15) is 0 Å². The van der Waals surface area contributed by atoms with Crippen molar-refractivity contribution in [1.29, 1.82) is 0 Å². The zero-order valence-corrected chi connectivity index (χ0v) is 24.2. The maximum atomic E-state index is 12.9. The van der Waals surface area contributed by atoms with Gasteiger partial charge in [-0.25, -0.2) is 23.1 Å². The molecular formula is C27H35N3O10S. The number of nitrogens with zero attached hydrogens (tertiary/aromatic N) is 1. The fourth-order valence-electron chi connectivity index (χ4n) is 3.32. The smallest absolute Gasteiger partial charge is 0.347 e. The van der Waals surface area contributed by atoms with E-state index in [0.717, 1.165) is 23.8 Å². The van der Waals surface area contributed by atoms with Crippen LogP contribution in [0.1, 0.15) is 44.0 Å². The Morgan fingerprint density at radius 3 is 2.34 bits per heavy atom. The molecule has 3 N–H and O–H groups in total. The van der Waals surface area contributed by atoms with Gasteiger partial charge in [-0.05, 0) is 44.5 Å². The van der Waals surface area contributed by atoms with Gasteiger partial charge in [0.1, 0.15) is 17.2 Å². The number of ether oxygens (including phenoxy) is 4. The molecule has 0 spiro atoms. The lowest BCUT2D eigenvalue weighted by molar-refractivity contribution is -0.167. The molecule has 0 aliphatic rings. The Kier molecular flexibility index (Phi) is 12.5. The summed E-state index contributed by atoms with van der Waals surface area (Å²) < 4.78 is 45.6. The van der Waals surface area contributed by atoms with Crippen molar-refractivity contribution in [3.05, 3.63) is 48.0 Å². The summed E-state index contributed by atoms with van der Waals surface area (Å²) in [5, 5.41) is 8.53. The lowest BCUT2D eigenvalue weighted by Crippen LogP contribution is -2.38. The van der Waals surface area contributed by atoms with E-state index in [1.54, 1.807) is 37.3 Å². The average Bonchev–Trinajstić information content (AvgIpc) is 2.92. The second kappa shape index (κ2) is 15.6. The first-order valence-corrected chi connectivity index (χ1v) is 14.4. The summed E-state index contributed by atoms with van der Waals surface area (Å²) in [6.07, 6.45) is 0.425. The molecule has 0 aliphatic carbocycles. The van der Waals surface area contributed by atoms with Gasteiger partial charge in [0.2, 0.25) is 10.0 Å². The molecule has 0 aromatic heterocycles. The summed E-state index contributed by atoms with van der Waals surface area (Å²) in [5.41, 5.74) is -0.0192. The van der Waals surface area contributed by atoms with Gasteiger partial charge in [0.05, 0.1) is 17.9 Å². The molecule has 0 bridgehead atoms. The van der Waals surface area contributed by atoms with Gasteiger partial charge in [0, 0.05) is 13.6 Å². The highest BCUT2D eigenvalue weighted by molar-refractivity contribution is 7.89. The van der Waals surface area contributed by atoms with E-state index in [1.165, 1.54) is 20.0 Å². The van der Waals surface area contributed by atoms with Crippen molar-refractivity contribution < 1.29 is 46.5 Å². The second-order valence-electron chi connectivity index (χ2n) is 8.80. The number of carbonyl (C=O) groups is 4. The highest BCUT2D eigenvalue weighted by atomic mass is 32.2. The van der Waals surface area contributed by atoms with E-state index in [1.807, 2.05) is 6.92 Å². The van der Waals surface area contributed by atoms with Crippen LogP contribution in [0.25, 0.3) is 0 Å². The van der Waals surface area contributed by atoms with Crippen molar-refractivity contribution in [2.24, 2.45) is 5.14 Å².